The molecule has 3 aromatic rings. The molecule has 0 radical (unpaired) electrons. The second kappa shape index (κ2) is 8.13. The van der Waals surface area contributed by atoms with Crippen molar-refractivity contribution in [2.45, 2.75) is 29.5 Å². The average Bonchev–Trinajstić information content (AvgIpc) is 3.28. The van der Waals surface area contributed by atoms with Gasteiger partial charge < -0.3 is 9.64 Å². The number of carbonyl (C=O) groups is 1. The van der Waals surface area contributed by atoms with Crippen LogP contribution in [0.25, 0.3) is 5.69 Å². The Morgan fingerprint density at radius 1 is 1.08 bits per heavy atom. The molecule has 0 atom stereocenters. The lowest BCUT2D eigenvalue weighted by atomic mass is 9.86. The molecule has 2 aliphatic heterocycles. The highest BCUT2D eigenvalue weighted by Gasteiger charge is 2.45. The minimum absolute atomic E-state index is 0.198. The van der Waals surface area contributed by atoms with Crippen molar-refractivity contribution in [2.75, 3.05) is 19.3 Å². The van der Waals surface area contributed by atoms with E-state index < -0.39 is 38.0 Å². The molecule has 11 heteroatoms. The standard InChI is InChI=1S/C25H20F3N3O4S/c1-36(33,34)21-8-6-16(14-18(21)25(26,27)28)23(32)30-12-10-24(11-13-30)22-9-7-17(15-29)31(22)19-4-2-3-5-20(19)35-24/h2-9,14H,10-13H2,1H3. The zero-order chi connectivity index (χ0) is 25.9. The lowest BCUT2D eigenvalue weighted by molar-refractivity contribution is -0.139. The van der Waals surface area contributed by atoms with E-state index in [4.69, 9.17) is 4.74 Å². The number of ether oxygens (including phenoxy) is 1. The summed E-state index contributed by atoms with van der Waals surface area (Å²) in [5.74, 6) is -0.0247. The zero-order valence-corrected chi connectivity index (χ0v) is 19.9. The van der Waals surface area contributed by atoms with Crippen molar-refractivity contribution in [1.29, 1.82) is 5.26 Å². The van der Waals surface area contributed by atoms with Gasteiger partial charge in [-0.15, -0.1) is 0 Å². The first-order valence-electron chi connectivity index (χ1n) is 11.1. The maximum absolute atomic E-state index is 13.6. The zero-order valence-electron chi connectivity index (χ0n) is 19.0. The number of nitrogens with zero attached hydrogens (tertiary/aromatic N) is 3. The second-order valence-electron chi connectivity index (χ2n) is 8.89. The molecule has 186 valence electrons. The van der Waals surface area contributed by atoms with Gasteiger partial charge in [0.2, 0.25) is 0 Å². The predicted molar refractivity (Wildman–Crippen MR) is 122 cm³/mol. The van der Waals surface area contributed by atoms with Gasteiger partial charge in [0, 0.05) is 37.8 Å². The number of hydrogen-bond donors (Lipinski definition) is 0. The van der Waals surface area contributed by atoms with Crippen molar-refractivity contribution in [3.05, 3.63) is 77.1 Å². The Hall–Kier alpha value is -3.78. The predicted octanol–water partition coefficient (Wildman–Crippen LogP) is 4.30. The van der Waals surface area contributed by atoms with E-state index in [1.54, 1.807) is 12.1 Å². The molecule has 7 nitrogen and oxygen atoms in total. The minimum atomic E-state index is -4.94. The number of sulfone groups is 1. The van der Waals surface area contributed by atoms with E-state index in [9.17, 15) is 31.6 Å². The van der Waals surface area contributed by atoms with Crippen LogP contribution in [0.4, 0.5) is 13.2 Å². The Bertz CT molecular complexity index is 1530. The van der Waals surface area contributed by atoms with Crippen molar-refractivity contribution in [1.82, 2.24) is 9.47 Å². The average molecular weight is 516 g/mol. The summed E-state index contributed by atoms with van der Waals surface area (Å²) in [5.41, 5.74) is -0.443. The Balaban J connectivity index is 1.44. The maximum Gasteiger partial charge on any atom is 0.417 e. The van der Waals surface area contributed by atoms with Crippen molar-refractivity contribution in [2.24, 2.45) is 0 Å². The summed E-state index contributed by atoms with van der Waals surface area (Å²) in [7, 11) is -4.14. The Labute approximate surface area is 205 Å². The first-order valence-corrected chi connectivity index (χ1v) is 13.0. The van der Waals surface area contributed by atoms with Crippen LogP contribution in [-0.2, 0) is 21.6 Å². The Morgan fingerprint density at radius 2 is 1.78 bits per heavy atom. The van der Waals surface area contributed by atoms with Crippen molar-refractivity contribution in [3.63, 3.8) is 0 Å². The van der Waals surface area contributed by atoms with Gasteiger partial charge in [-0.05, 0) is 42.5 Å². The molecule has 1 saturated heterocycles. The molecular weight excluding hydrogens is 495 g/mol. The fraction of sp³-hybridized carbons (Fsp3) is 0.280. The molecule has 3 heterocycles. The maximum atomic E-state index is 13.6. The van der Waals surface area contributed by atoms with Crippen LogP contribution in [0.5, 0.6) is 5.75 Å². The van der Waals surface area contributed by atoms with E-state index in [0.29, 0.717) is 36.6 Å². The van der Waals surface area contributed by atoms with Crippen LogP contribution in [-0.4, -0.2) is 43.1 Å². The number of halogens is 3. The van der Waals surface area contributed by atoms with Gasteiger partial charge in [-0.25, -0.2) is 8.42 Å². The van der Waals surface area contributed by atoms with Crippen LogP contribution >= 0.6 is 0 Å². The van der Waals surface area contributed by atoms with Gasteiger partial charge >= 0.3 is 6.18 Å². The molecule has 2 aliphatic rings. The molecule has 1 spiro atoms. The van der Waals surface area contributed by atoms with Gasteiger partial charge in [0.25, 0.3) is 5.91 Å². The third-order valence-corrected chi connectivity index (χ3v) is 7.82. The molecule has 36 heavy (non-hydrogen) atoms. The SMILES string of the molecule is CS(=O)(=O)c1ccc(C(=O)N2CCC3(CC2)Oc2ccccc2-n2c(C#N)ccc23)cc1C(F)(F)F. The van der Waals surface area contributed by atoms with Gasteiger partial charge in [-0.2, -0.15) is 18.4 Å². The van der Waals surface area contributed by atoms with Crippen LogP contribution in [0.3, 0.4) is 0 Å². The highest BCUT2D eigenvalue weighted by molar-refractivity contribution is 7.90. The van der Waals surface area contributed by atoms with E-state index >= 15 is 0 Å². The summed E-state index contributed by atoms with van der Waals surface area (Å²) >= 11 is 0. The third-order valence-electron chi connectivity index (χ3n) is 6.66. The summed E-state index contributed by atoms with van der Waals surface area (Å²) in [6, 6.07) is 15.6. The molecule has 0 bridgehead atoms. The molecule has 0 unspecified atom stereocenters. The molecule has 1 fully saturated rings. The third kappa shape index (κ3) is 3.82. The number of fused-ring (bicyclic) bond motifs is 4. The Kier molecular flexibility index (Phi) is 5.41. The number of amides is 1. The molecule has 1 aromatic heterocycles. The van der Waals surface area contributed by atoms with Crippen molar-refractivity contribution < 1.29 is 31.1 Å². The van der Waals surface area contributed by atoms with E-state index in [0.717, 1.165) is 23.5 Å². The summed E-state index contributed by atoms with van der Waals surface area (Å²) < 4.78 is 72.6. The minimum Gasteiger partial charge on any atom is -0.479 e. The van der Waals surface area contributed by atoms with Gasteiger partial charge in [0.05, 0.1) is 21.8 Å². The topological polar surface area (TPSA) is 92.4 Å². The number of aromatic nitrogens is 1. The van der Waals surface area contributed by atoms with E-state index in [2.05, 4.69) is 6.07 Å². The molecule has 1 amide bonds. The Morgan fingerprint density at radius 3 is 2.42 bits per heavy atom. The number of para-hydroxylation sites is 2. The normalized spacial score (nSPS) is 16.6. The summed E-state index contributed by atoms with van der Waals surface area (Å²) in [6.07, 6.45) is -3.53. The summed E-state index contributed by atoms with van der Waals surface area (Å²) in [6.45, 7) is 0.395. The second-order valence-corrected chi connectivity index (χ2v) is 10.9. The quantitative estimate of drug-likeness (QED) is 0.508. The number of carbonyl (C=O) groups excluding carboxylic acids is 1. The lowest BCUT2D eigenvalue weighted by Gasteiger charge is -2.45. The summed E-state index contributed by atoms with van der Waals surface area (Å²) in [5, 5.41) is 9.60. The molecule has 2 aromatic carbocycles. The van der Waals surface area contributed by atoms with Crippen molar-refractivity contribution >= 4 is 15.7 Å². The highest BCUT2D eigenvalue weighted by atomic mass is 32.2. The van der Waals surface area contributed by atoms with Crippen molar-refractivity contribution in [3.8, 4) is 17.5 Å². The largest absolute Gasteiger partial charge is 0.479 e. The van der Waals surface area contributed by atoms with Crippen LogP contribution < -0.4 is 4.74 Å². The molecule has 0 aliphatic carbocycles. The molecule has 0 N–H and O–H groups in total. The van der Waals surface area contributed by atoms with Crippen LogP contribution in [0, 0.1) is 11.3 Å². The molecule has 5 rings (SSSR count). The highest BCUT2D eigenvalue weighted by Crippen LogP contribution is 2.46. The smallest absolute Gasteiger partial charge is 0.417 e. The van der Waals surface area contributed by atoms with Crippen LogP contribution in [0.15, 0.2) is 59.5 Å². The fourth-order valence-corrected chi connectivity index (χ4v) is 5.84. The molecule has 0 saturated carbocycles. The fourth-order valence-electron chi connectivity index (χ4n) is 4.95. The van der Waals surface area contributed by atoms with E-state index in [1.807, 2.05) is 28.8 Å². The lowest BCUT2D eigenvalue weighted by Crippen LogP contribution is -2.50. The first kappa shape index (κ1) is 23.9. The number of rotatable bonds is 2. The summed E-state index contributed by atoms with van der Waals surface area (Å²) in [4.78, 5) is 13.7. The van der Waals surface area contributed by atoms with Gasteiger partial charge in [0.15, 0.2) is 15.4 Å². The van der Waals surface area contributed by atoms with Gasteiger partial charge in [-0.1, -0.05) is 12.1 Å². The number of piperidine rings is 1. The molecular formula is C25H20F3N3O4S. The number of nitriles is 1. The number of likely N-dealkylation sites (tertiary alicyclic amines) is 1. The van der Waals surface area contributed by atoms with Crippen LogP contribution in [0.2, 0.25) is 0 Å². The monoisotopic (exact) mass is 515 g/mol. The number of hydrogen-bond acceptors (Lipinski definition) is 5. The van der Waals surface area contributed by atoms with Gasteiger partial charge in [-0.3, -0.25) is 9.36 Å². The van der Waals surface area contributed by atoms with Crippen LogP contribution in [0.1, 0.15) is 40.2 Å². The number of benzene rings is 2. The van der Waals surface area contributed by atoms with E-state index in [-0.39, 0.29) is 18.7 Å². The van der Waals surface area contributed by atoms with E-state index in [1.165, 1.54) is 4.90 Å². The van der Waals surface area contributed by atoms with Gasteiger partial charge in [0.1, 0.15) is 17.5 Å². The number of alkyl halides is 3. The first-order chi connectivity index (χ1) is 16.9.